The minimum absolute atomic E-state index is 0.152. The van der Waals surface area contributed by atoms with Gasteiger partial charge in [0.25, 0.3) is 5.91 Å². The van der Waals surface area contributed by atoms with E-state index in [1.54, 1.807) is 32.9 Å². The Kier molecular flexibility index (Phi) is 6.86. The van der Waals surface area contributed by atoms with E-state index in [0.29, 0.717) is 21.3 Å². The van der Waals surface area contributed by atoms with Crippen LogP contribution in [0.15, 0.2) is 18.2 Å². The molecule has 9 heteroatoms. The lowest BCUT2D eigenvalue weighted by atomic mass is 10.1. The molecule has 0 unspecified atom stereocenters. The number of carbonyl (C=O) groups excluding carboxylic acids is 3. The molecule has 2 amide bonds. The maximum absolute atomic E-state index is 12.7. The van der Waals surface area contributed by atoms with Gasteiger partial charge in [0.05, 0.1) is 28.3 Å². The minimum Gasteiger partial charge on any atom is -0.465 e. The third-order valence-corrected chi connectivity index (χ3v) is 5.45. The highest BCUT2D eigenvalue weighted by Crippen LogP contribution is 2.35. The van der Waals surface area contributed by atoms with Gasteiger partial charge in [-0.15, -0.1) is 11.3 Å². The average Bonchev–Trinajstić information content (AvgIpc) is 2.93. The molecule has 27 heavy (non-hydrogen) atoms. The molecule has 0 atom stereocenters. The third kappa shape index (κ3) is 4.80. The van der Waals surface area contributed by atoms with Gasteiger partial charge in [-0.1, -0.05) is 37.0 Å². The Bertz CT molecular complexity index is 909. The van der Waals surface area contributed by atoms with Gasteiger partial charge >= 0.3 is 5.97 Å². The van der Waals surface area contributed by atoms with Crippen molar-refractivity contribution in [3.8, 4) is 0 Å². The first kappa shape index (κ1) is 21.2. The van der Waals surface area contributed by atoms with Crippen molar-refractivity contribution >= 4 is 63.0 Å². The molecule has 0 aliphatic heterocycles. The number of carbonyl (C=O) groups is 3. The molecule has 0 bridgehead atoms. The molecular formula is C18H18Cl2N2O4S. The van der Waals surface area contributed by atoms with Crippen LogP contribution >= 0.6 is 34.5 Å². The highest BCUT2D eigenvalue weighted by molar-refractivity contribution is 7.19. The van der Waals surface area contributed by atoms with Crippen LogP contribution in [0.4, 0.5) is 10.7 Å². The predicted octanol–water partition coefficient (Wildman–Crippen LogP) is 5.00. The van der Waals surface area contributed by atoms with E-state index in [0.717, 1.165) is 11.3 Å². The summed E-state index contributed by atoms with van der Waals surface area (Å²) < 4.78 is 4.79. The van der Waals surface area contributed by atoms with Gasteiger partial charge in [0.2, 0.25) is 5.91 Å². The largest absolute Gasteiger partial charge is 0.465 e. The number of amides is 2. The average molecular weight is 429 g/mol. The summed E-state index contributed by atoms with van der Waals surface area (Å²) in [6, 6.07) is 4.69. The molecule has 2 rings (SSSR count). The Morgan fingerprint density at radius 2 is 1.81 bits per heavy atom. The highest BCUT2D eigenvalue weighted by Gasteiger charge is 2.27. The van der Waals surface area contributed by atoms with E-state index in [1.165, 1.54) is 13.2 Å². The van der Waals surface area contributed by atoms with Gasteiger partial charge in [-0.05, 0) is 30.7 Å². The number of anilines is 2. The van der Waals surface area contributed by atoms with Gasteiger partial charge in [0.15, 0.2) is 0 Å². The van der Waals surface area contributed by atoms with Crippen LogP contribution in [0, 0.1) is 12.8 Å². The minimum atomic E-state index is -0.636. The summed E-state index contributed by atoms with van der Waals surface area (Å²) in [6.07, 6.45) is 0. The number of halogens is 2. The molecule has 0 saturated carbocycles. The lowest BCUT2D eigenvalue weighted by Gasteiger charge is -2.07. The smallest absolute Gasteiger partial charge is 0.341 e. The van der Waals surface area contributed by atoms with Crippen molar-refractivity contribution in [1.82, 2.24) is 0 Å². The zero-order valence-electron chi connectivity index (χ0n) is 15.1. The Hall–Kier alpha value is -2.09. The van der Waals surface area contributed by atoms with Gasteiger partial charge in [-0.3, -0.25) is 9.59 Å². The van der Waals surface area contributed by atoms with E-state index in [4.69, 9.17) is 27.9 Å². The molecule has 2 aromatic rings. The molecule has 0 aliphatic rings. The number of rotatable bonds is 5. The van der Waals surface area contributed by atoms with E-state index < -0.39 is 11.9 Å². The summed E-state index contributed by atoms with van der Waals surface area (Å²) in [5, 5.41) is 6.35. The van der Waals surface area contributed by atoms with Crippen LogP contribution in [0.3, 0.4) is 0 Å². The van der Waals surface area contributed by atoms with E-state index in [9.17, 15) is 14.4 Å². The fourth-order valence-corrected chi connectivity index (χ4v) is 3.62. The molecule has 0 fully saturated rings. The molecular weight excluding hydrogens is 411 g/mol. The lowest BCUT2D eigenvalue weighted by molar-refractivity contribution is -0.118. The van der Waals surface area contributed by atoms with Crippen molar-refractivity contribution in [2.45, 2.75) is 20.8 Å². The summed E-state index contributed by atoms with van der Waals surface area (Å²) in [4.78, 5) is 37.2. The molecule has 0 aliphatic carbocycles. The van der Waals surface area contributed by atoms with Gasteiger partial charge in [-0.2, -0.15) is 0 Å². The second-order valence-corrected chi connectivity index (χ2v) is 7.84. The maximum atomic E-state index is 12.7. The number of benzene rings is 1. The predicted molar refractivity (Wildman–Crippen MR) is 108 cm³/mol. The second kappa shape index (κ2) is 8.73. The van der Waals surface area contributed by atoms with Crippen molar-refractivity contribution in [3.63, 3.8) is 0 Å². The first-order valence-corrected chi connectivity index (χ1v) is 9.51. The SMILES string of the molecule is COC(=O)c1c(NC(=O)C(C)C)sc(C(=O)Nc2cc(Cl)ccc2Cl)c1C. The van der Waals surface area contributed by atoms with Crippen molar-refractivity contribution < 1.29 is 19.1 Å². The summed E-state index contributed by atoms with van der Waals surface area (Å²) in [7, 11) is 1.24. The van der Waals surface area contributed by atoms with E-state index >= 15 is 0 Å². The van der Waals surface area contributed by atoms with Crippen LogP contribution in [0.1, 0.15) is 39.4 Å². The van der Waals surface area contributed by atoms with Crippen LogP contribution < -0.4 is 10.6 Å². The molecule has 1 heterocycles. The van der Waals surface area contributed by atoms with Gasteiger partial charge < -0.3 is 15.4 Å². The van der Waals surface area contributed by atoms with E-state index in [2.05, 4.69) is 10.6 Å². The zero-order chi connectivity index (χ0) is 20.3. The topological polar surface area (TPSA) is 84.5 Å². The standard InChI is InChI=1S/C18H18Cl2N2O4S/c1-8(2)15(23)22-17-13(18(25)26-4)9(3)14(27-17)16(24)21-12-7-10(19)5-6-11(12)20/h5-8H,1-4H3,(H,21,24)(H,22,23). The molecule has 6 nitrogen and oxygen atoms in total. The van der Waals surface area contributed by atoms with Crippen molar-refractivity contribution in [3.05, 3.63) is 44.2 Å². The third-order valence-electron chi connectivity index (χ3n) is 3.68. The number of esters is 1. The maximum Gasteiger partial charge on any atom is 0.341 e. The molecule has 0 radical (unpaired) electrons. The number of methoxy groups -OCH3 is 1. The van der Waals surface area contributed by atoms with Crippen molar-refractivity contribution in [1.29, 1.82) is 0 Å². The molecule has 1 aromatic carbocycles. The van der Waals surface area contributed by atoms with E-state index in [-0.39, 0.29) is 27.3 Å². The van der Waals surface area contributed by atoms with Crippen LogP contribution in [-0.4, -0.2) is 24.9 Å². The first-order valence-electron chi connectivity index (χ1n) is 7.94. The molecule has 1 aromatic heterocycles. The lowest BCUT2D eigenvalue weighted by Crippen LogP contribution is -2.19. The normalized spacial score (nSPS) is 10.6. The second-order valence-electron chi connectivity index (χ2n) is 5.97. The molecule has 2 N–H and O–H groups in total. The number of hydrogen-bond donors (Lipinski definition) is 2. The molecule has 144 valence electrons. The molecule has 0 spiro atoms. The fraction of sp³-hybridized carbons (Fsp3) is 0.278. The Morgan fingerprint density at radius 1 is 1.15 bits per heavy atom. The van der Waals surface area contributed by atoms with Gasteiger partial charge in [0, 0.05) is 10.9 Å². The quantitative estimate of drug-likeness (QED) is 0.656. The number of ether oxygens (including phenoxy) is 1. The monoisotopic (exact) mass is 428 g/mol. The number of hydrogen-bond acceptors (Lipinski definition) is 5. The Labute approximate surface area is 170 Å². The highest BCUT2D eigenvalue weighted by atomic mass is 35.5. The van der Waals surface area contributed by atoms with Crippen LogP contribution in [0.5, 0.6) is 0 Å². The van der Waals surface area contributed by atoms with E-state index in [1.807, 2.05) is 0 Å². The Morgan fingerprint density at radius 3 is 2.41 bits per heavy atom. The first-order chi connectivity index (χ1) is 12.6. The van der Waals surface area contributed by atoms with Gasteiger partial charge in [0.1, 0.15) is 5.00 Å². The van der Waals surface area contributed by atoms with Crippen LogP contribution in [0.2, 0.25) is 10.0 Å². The number of thiophene rings is 1. The number of nitrogens with one attached hydrogen (secondary N) is 2. The summed E-state index contributed by atoms with van der Waals surface area (Å²) >= 11 is 13.0. The van der Waals surface area contributed by atoms with Crippen LogP contribution in [0.25, 0.3) is 0 Å². The van der Waals surface area contributed by atoms with Gasteiger partial charge in [-0.25, -0.2) is 4.79 Å². The fourth-order valence-electron chi connectivity index (χ4n) is 2.19. The summed E-state index contributed by atoms with van der Waals surface area (Å²) in [5.41, 5.74) is 0.898. The van der Waals surface area contributed by atoms with Crippen molar-refractivity contribution in [2.75, 3.05) is 17.7 Å². The van der Waals surface area contributed by atoms with Crippen LogP contribution in [-0.2, 0) is 9.53 Å². The Balaban J connectivity index is 2.42. The zero-order valence-corrected chi connectivity index (χ0v) is 17.4. The summed E-state index contributed by atoms with van der Waals surface area (Å²) in [6.45, 7) is 5.06. The molecule has 0 saturated heterocycles. The van der Waals surface area contributed by atoms with Crippen molar-refractivity contribution in [2.24, 2.45) is 5.92 Å². The summed E-state index contributed by atoms with van der Waals surface area (Å²) in [5.74, 6) is -1.67.